The number of hydrogen-bond donors (Lipinski definition) is 6. The van der Waals surface area contributed by atoms with Gasteiger partial charge in [0.1, 0.15) is 12.3 Å². The number of methoxy groups -OCH3 is 1. The SMILES string of the molecule is CO[C@H]1C[C@H](n2cnc3c(=O)[nH]c(N)nc32)OC1COP(=O)(O)OP(=O)(O)OP(=O)(O)O. The molecule has 180 valence electrons. The number of nitrogens with two attached hydrogens (primary N) is 1. The summed E-state index contributed by atoms with van der Waals surface area (Å²) in [7, 11) is -15.2. The maximum absolute atomic E-state index is 11.9. The fraction of sp³-hybridized carbons (Fsp3) is 0.545. The molecule has 1 fully saturated rings. The Balaban J connectivity index is 1.71. The molecule has 0 radical (unpaired) electrons. The molecule has 18 nitrogen and oxygen atoms in total. The summed E-state index contributed by atoms with van der Waals surface area (Å²) in [5.74, 6) is -0.158. The Morgan fingerprint density at radius 2 is 1.94 bits per heavy atom. The third kappa shape index (κ3) is 6.08. The van der Waals surface area contributed by atoms with E-state index < -0.39 is 54.1 Å². The van der Waals surface area contributed by atoms with Crippen LogP contribution >= 0.6 is 23.5 Å². The van der Waals surface area contributed by atoms with E-state index in [1.807, 2.05) is 0 Å². The molecule has 7 N–H and O–H groups in total. The molecule has 0 bridgehead atoms. The van der Waals surface area contributed by atoms with Gasteiger partial charge in [0.2, 0.25) is 5.95 Å². The van der Waals surface area contributed by atoms with Crippen molar-refractivity contribution in [2.75, 3.05) is 19.5 Å². The minimum absolute atomic E-state index is 0.00604. The number of nitrogens with one attached hydrogen (secondary N) is 1. The molecule has 3 heterocycles. The number of phosphoric ester groups is 1. The van der Waals surface area contributed by atoms with Gasteiger partial charge in [-0.3, -0.25) is 18.9 Å². The van der Waals surface area contributed by atoms with Gasteiger partial charge in [-0.1, -0.05) is 0 Å². The normalized spacial score (nSPS) is 25.6. The predicted octanol–water partition coefficient (Wildman–Crippen LogP) is -0.652. The highest BCUT2D eigenvalue weighted by Crippen LogP contribution is 2.66. The zero-order chi connectivity index (χ0) is 23.9. The summed E-state index contributed by atoms with van der Waals surface area (Å²) in [6.07, 6.45) is -1.13. The van der Waals surface area contributed by atoms with E-state index in [0.717, 1.165) is 0 Å². The van der Waals surface area contributed by atoms with Crippen molar-refractivity contribution in [1.29, 1.82) is 0 Å². The number of aromatic amines is 1. The zero-order valence-electron chi connectivity index (χ0n) is 15.9. The molecule has 0 aliphatic carbocycles. The van der Waals surface area contributed by atoms with Crippen molar-refractivity contribution in [3.05, 3.63) is 16.7 Å². The molecular formula is C11H18N5O13P3. The number of nitrogens with zero attached hydrogens (tertiary/aromatic N) is 3. The van der Waals surface area contributed by atoms with Crippen molar-refractivity contribution in [3.63, 3.8) is 0 Å². The van der Waals surface area contributed by atoms with E-state index in [4.69, 9.17) is 25.0 Å². The average molecular weight is 521 g/mol. The lowest BCUT2D eigenvalue weighted by atomic mass is 10.2. The minimum Gasteiger partial charge on any atom is -0.378 e. The molecule has 21 heteroatoms. The number of rotatable bonds is 9. The van der Waals surface area contributed by atoms with Crippen LogP contribution in [0.2, 0.25) is 0 Å². The van der Waals surface area contributed by atoms with Gasteiger partial charge in [-0.2, -0.15) is 13.6 Å². The number of fused-ring (bicyclic) bond motifs is 1. The van der Waals surface area contributed by atoms with E-state index >= 15 is 0 Å². The second-order valence-electron chi connectivity index (χ2n) is 6.30. The van der Waals surface area contributed by atoms with Gasteiger partial charge in [-0.05, 0) is 0 Å². The second kappa shape index (κ2) is 9.02. The highest BCUT2D eigenvalue weighted by molar-refractivity contribution is 7.66. The molecule has 1 aliphatic rings. The van der Waals surface area contributed by atoms with Crippen LogP contribution in [0.1, 0.15) is 12.6 Å². The number of ether oxygens (including phenoxy) is 2. The molecule has 32 heavy (non-hydrogen) atoms. The maximum Gasteiger partial charge on any atom is 0.490 e. The van der Waals surface area contributed by atoms with E-state index in [1.54, 1.807) is 0 Å². The summed E-state index contributed by atoms with van der Waals surface area (Å²) in [5, 5.41) is 0. The molecule has 0 aromatic carbocycles. The van der Waals surface area contributed by atoms with Crippen molar-refractivity contribution in [2.24, 2.45) is 0 Å². The van der Waals surface area contributed by atoms with Crippen LogP contribution in [0, 0.1) is 0 Å². The highest BCUT2D eigenvalue weighted by Gasteiger charge is 2.43. The Morgan fingerprint density at radius 1 is 1.25 bits per heavy atom. The molecule has 1 saturated heterocycles. The first-order valence-corrected chi connectivity index (χ1v) is 12.9. The van der Waals surface area contributed by atoms with Crippen LogP contribution in [0.15, 0.2) is 11.1 Å². The number of phosphoric acid groups is 3. The summed E-state index contributed by atoms with van der Waals surface area (Å²) in [5.41, 5.74) is 5.08. The first-order chi connectivity index (χ1) is 14.7. The molecule has 1 aliphatic heterocycles. The molecule has 3 unspecified atom stereocenters. The van der Waals surface area contributed by atoms with Gasteiger partial charge in [0.25, 0.3) is 5.56 Å². The molecule has 5 atom stereocenters. The lowest BCUT2D eigenvalue weighted by molar-refractivity contribution is -0.0502. The first kappa shape index (κ1) is 25.1. The summed E-state index contributed by atoms with van der Waals surface area (Å²) in [6, 6.07) is 0. The van der Waals surface area contributed by atoms with E-state index in [1.165, 1.54) is 18.0 Å². The predicted molar refractivity (Wildman–Crippen MR) is 102 cm³/mol. The van der Waals surface area contributed by atoms with Gasteiger partial charge in [0.15, 0.2) is 11.2 Å². The van der Waals surface area contributed by atoms with Crippen LogP contribution in [0.4, 0.5) is 5.95 Å². The molecule has 3 rings (SSSR count). The third-order valence-electron chi connectivity index (χ3n) is 4.06. The van der Waals surface area contributed by atoms with Crippen molar-refractivity contribution < 1.29 is 55.9 Å². The third-order valence-corrected chi connectivity index (χ3v) is 7.86. The van der Waals surface area contributed by atoms with Gasteiger partial charge in [-0.15, -0.1) is 0 Å². The van der Waals surface area contributed by atoms with Crippen molar-refractivity contribution in [1.82, 2.24) is 19.5 Å². The van der Waals surface area contributed by atoms with E-state index in [9.17, 15) is 28.3 Å². The van der Waals surface area contributed by atoms with Crippen LogP contribution in [0.5, 0.6) is 0 Å². The number of nitrogen functional groups attached to an aromatic ring is 1. The standard InChI is InChI=1S/C11H18N5O13P3/c1-25-5-2-7(16-4-13-8-9(16)14-11(12)15-10(8)17)27-6(5)3-26-31(21,22)29-32(23,24)28-30(18,19)20/h4-7H,2-3H2,1H3,(H,21,22)(H,23,24)(H2,18,19,20)(H3,12,14,15,17)/t5-,6?,7+/m0/s1. The van der Waals surface area contributed by atoms with Crippen LogP contribution in [0.25, 0.3) is 11.2 Å². The van der Waals surface area contributed by atoms with E-state index in [-0.39, 0.29) is 23.5 Å². The topological polar surface area (TPSA) is 268 Å². The summed E-state index contributed by atoms with van der Waals surface area (Å²) >= 11 is 0. The van der Waals surface area contributed by atoms with Gasteiger partial charge in [-0.25, -0.2) is 18.7 Å². The summed E-state index contributed by atoms with van der Waals surface area (Å²) in [4.78, 5) is 58.0. The second-order valence-corrected chi connectivity index (χ2v) is 10.7. The molecule has 2 aromatic rings. The lowest BCUT2D eigenvalue weighted by Gasteiger charge is -2.20. The van der Waals surface area contributed by atoms with Gasteiger partial charge < -0.3 is 34.8 Å². The lowest BCUT2D eigenvalue weighted by Crippen LogP contribution is -2.27. The quantitative estimate of drug-likeness (QED) is 0.224. The fourth-order valence-corrected chi connectivity index (χ4v) is 5.92. The Labute approximate surface area is 177 Å². The molecule has 0 spiro atoms. The monoisotopic (exact) mass is 521 g/mol. The average Bonchev–Trinajstić information content (AvgIpc) is 3.20. The fourth-order valence-electron chi connectivity index (χ4n) is 2.89. The summed E-state index contributed by atoms with van der Waals surface area (Å²) in [6.45, 7) is -0.707. The Bertz CT molecular complexity index is 1190. The summed E-state index contributed by atoms with van der Waals surface area (Å²) < 4.78 is 58.2. The Morgan fingerprint density at radius 3 is 2.56 bits per heavy atom. The minimum atomic E-state index is -5.65. The van der Waals surface area contributed by atoms with Gasteiger partial charge >= 0.3 is 23.5 Å². The molecular weight excluding hydrogens is 503 g/mol. The van der Waals surface area contributed by atoms with Gasteiger partial charge in [0.05, 0.1) is 19.0 Å². The van der Waals surface area contributed by atoms with Gasteiger partial charge in [0, 0.05) is 13.5 Å². The molecule has 0 saturated carbocycles. The van der Waals surface area contributed by atoms with E-state index in [2.05, 4.69) is 28.1 Å². The number of anilines is 1. The molecule has 2 aromatic heterocycles. The number of imidazole rings is 1. The van der Waals surface area contributed by atoms with Crippen LogP contribution in [0.3, 0.4) is 0 Å². The zero-order valence-corrected chi connectivity index (χ0v) is 18.6. The maximum atomic E-state index is 11.9. The Hall–Kier alpha value is -1.52. The number of hydrogen-bond acceptors (Lipinski definition) is 12. The van der Waals surface area contributed by atoms with Crippen molar-refractivity contribution in [2.45, 2.75) is 24.9 Å². The smallest absolute Gasteiger partial charge is 0.378 e. The highest BCUT2D eigenvalue weighted by atomic mass is 31.3. The van der Waals surface area contributed by atoms with E-state index in [0.29, 0.717) is 0 Å². The number of H-pyrrole nitrogens is 1. The molecule has 0 amide bonds. The van der Waals surface area contributed by atoms with Crippen LogP contribution in [-0.4, -0.2) is 65.0 Å². The van der Waals surface area contributed by atoms with Crippen molar-refractivity contribution >= 4 is 40.6 Å². The van der Waals surface area contributed by atoms with Crippen LogP contribution in [-0.2, 0) is 36.3 Å². The largest absolute Gasteiger partial charge is 0.490 e. The first-order valence-electron chi connectivity index (χ1n) is 8.38. The van der Waals surface area contributed by atoms with Crippen LogP contribution < -0.4 is 11.3 Å². The van der Waals surface area contributed by atoms with Crippen molar-refractivity contribution in [3.8, 4) is 0 Å². The Kier molecular flexibility index (Phi) is 7.08. The number of aromatic nitrogens is 4.